The van der Waals surface area contributed by atoms with Crippen LogP contribution in [0.2, 0.25) is 0 Å². The number of benzene rings is 2. The van der Waals surface area contributed by atoms with Crippen LogP contribution in [0.15, 0.2) is 48.5 Å². The second-order valence-corrected chi connectivity index (χ2v) is 6.92. The van der Waals surface area contributed by atoms with Crippen LogP contribution >= 0.6 is 0 Å². The summed E-state index contributed by atoms with van der Waals surface area (Å²) in [6.07, 6.45) is -3.61. The Kier molecular flexibility index (Phi) is 6.17. The van der Waals surface area contributed by atoms with E-state index in [9.17, 15) is 28.1 Å². The van der Waals surface area contributed by atoms with Crippen molar-refractivity contribution in [3.8, 4) is 0 Å². The predicted molar refractivity (Wildman–Crippen MR) is 100 cm³/mol. The zero-order valence-corrected chi connectivity index (χ0v) is 15.6. The van der Waals surface area contributed by atoms with E-state index in [1.165, 1.54) is 36.4 Å². The van der Waals surface area contributed by atoms with Crippen LogP contribution in [-0.4, -0.2) is 46.8 Å². The summed E-state index contributed by atoms with van der Waals surface area (Å²) in [6.45, 7) is 2.87. The summed E-state index contributed by atoms with van der Waals surface area (Å²) in [5, 5.41) is 10.7. The number of halogens is 3. The van der Waals surface area contributed by atoms with Crippen molar-refractivity contribution in [2.75, 3.05) is 26.2 Å². The summed E-state index contributed by atoms with van der Waals surface area (Å²) in [5.41, 5.74) is 0.442. The van der Waals surface area contributed by atoms with Gasteiger partial charge < -0.3 is 4.90 Å². The molecule has 1 saturated heterocycles. The molecule has 0 radical (unpaired) electrons. The molecule has 154 valence electrons. The lowest BCUT2D eigenvalue weighted by Crippen LogP contribution is -2.35. The third-order valence-corrected chi connectivity index (χ3v) is 4.89. The van der Waals surface area contributed by atoms with Crippen molar-refractivity contribution in [1.29, 1.82) is 0 Å². The molecule has 9 heteroatoms. The lowest BCUT2D eigenvalue weighted by molar-refractivity contribution is -0.384. The molecule has 1 aliphatic heterocycles. The fourth-order valence-electron chi connectivity index (χ4n) is 3.30. The van der Waals surface area contributed by atoms with Crippen LogP contribution in [0.1, 0.15) is 27.9 Å². The highest BCUT2D eigenvalue weighted by Crippen LogP contribution is 2.29. The van der Waals surface area contributed by atoms with Crippen LogP contribution in [0, 0.1) is 10.1 Å². The number of nitro benzene ring substituents is 1. The summed E-state index contributed by atoms with van der Waals surface area (Å²) >= 11 is 0. The standard InChI is InChI=1S/C20H20F3N3O3/c21-20(22,23)17-6-2-15(3-7-17)14-24-10-1-11-25(13-12-24)19(27)16-4-8-18(9-5-16)26(28)29/h2-9H,1,10-14H2. The number of hydrogen-bond acceptors (Lipinski definition) is 4. The molecule has 29 heavy (non-hydrogen) atoms. The van der Waals surface area contributed by atoms with Gasteiger partial charge in [0.15, 0.2) is 0 Å². The van der Waals surface area contributed by atoms with E-state index in [2.05, 4.69) is 4.90 Å². The van der Waals surface area contributed by atoms with E-state index in [1.54, 1.807) is 4.90 Å². The topological polar surface area (TPSA) is 66.7 Å². The van der Waals surface area contributed by atoms with E-state index < -0.39 is 16.7 Å². The first-order valence-corrected chi connectivity index (χ1v) is 9.16. The molecule has 1 amide bonds. The first-order valence-electron chi connectivity index (χ1n) is 9.16. The molecule has 6 nitrogen and oxygen atoms in total. The Labute approximate surface area is 165 Å². The van der Waals surface area contributed by atoms with Gasteiger partial charge in [0, 0.05) is 50.4 Å². The molecule has 0 N–H and O–H groups in total. The number of carbonyl (C=O) groups excluding carboxylic acids is 1. The summed E-state index contributed by atoms with van der Waals surface area (Å²) in [7, 11) is 0. The van der Waals surface area contributed by atoms with Crippen LogP contribution in [-0.2, 0) is 12.7 Å². The second-order valence-electron chi connectivity index (χ2n) is 6.92. The molecule has 1 heterocycles. The first-order chi connectivity index (χ1) is 13.7. The molecular weight excluding hydrogens is 387 g/mol. The van der Waals surface area contributed by atoms with Gasteiger partial charge in [-0.2, -0.15) is 13.2 Å². The molecule has 1 aliphatic rings. The average molecular weight is 407 g/mol. The molecule has 0 bridgehead atoms. The van der Waals surface area contributed by atoms with E-state index in [0.717, 1.165) is 30.7 Å². The molecule has 0 unspecified atom stereocenters. The van der Waals surface area contributed by atoms with Gasteiger partial charge in [0.05, 0.1) is 10.5 Å². The minimum absolute atomic E-state index is 0.0693. The fraction of sp³-hybridized carbons (Fsp3) is 0.350. The van der Waals surface area contributed by atoms with Gasteiger partial charge in [0.1, 0.15) is 0 Å². The van der Waals surface area contributed by atoms with Crippen molar-refractivity contribution in [2.24, 2.45) is 0 Å². The maximum atomic E-state index is 12.7. The number of non-ortho nitro benzene ring substituents is 1. The highest BCUT2D eigenvalue weighted by atomic mass is 19.4. The van der Waals surface area contributed by atoms with Crippen molar-refractivity contribution in [3.63, 3.8) is 0 Å². The lowest BCUT2D eigenvalue weighted by Gasteiger charge is -2.22. The molecular formula is C20H20F3N3O3. The van der Waals surface area contributed by atoms with Gasteiger partial charge in [-0.25, -0.2) is 0 Å². The number of rotatable bonds is 4. The van der Waals surface area contributed by atoms with E-state index in [1.807, 2.05) is 0 Å². The summed E-state index contributed by atoms with van der Waals surface area (Å²) in [6, 6.07) is 10.6. The number of nitrogens with zero attached hydrogens (tertiary/aromatic N) is 3. The Morgan fingerprint density at radius 2 is 1.62 bits per heavy atom. The van der Waals surface area contributed by atoms with Gasteiger partial charge in [-0.1, -0.05) is 12.1 Å². The van der Waals surface area contributed by atoms with Crippen LogP contribution in [0.4, 0.5) is 18.9 Å². The average Bonchev–Trinajstić information content (AvgIpc) is 2.93. The summed E-state index contributed by atoms with van der Waals surface area (Å²) < 4.78 is 38.0. The highest BCUT2D eigenvalue weighted by Gasteiger charge is 2.30. The number of hydrogen-bond donors (Lipinski definition) is 0. The van der Waals surface area contributed by atoms with Gasteiger partial charge in [0.25, 0.3) is 11.6 Å². The van der Waals surface area contributed by atoms with Gasteiger partial charge in [-0.05, 0) is 36.2 Å². The maximum Gasteiger partial charge on any atom is 0.416 e. The molecule has 1 fully saturated rings. The Hall–Kier alpha value is -2.94. The third-order valence-electron chi connectivity index (χ3n) is 4.89. The molecule has 0 aliphatic carbocycles. The van der Waals surface area contributed by atoms with Gasteiger partial charge in [0.2, 0.25) is 0 Å². The van der Waals surface area contributed by atoms with Gasteiger partial charge >= 0.3 is 6.18 Å². The van der Waals surface area contributed by atoms with Gasteiger partial charge in [-0.15, -0.1) is 0 Å². The minimum Gasteiger partial charge on any atom is -0.337 e. The van der Waals surface area contributed by atoms with Crippen LogP contribution in [0.3, 0.4) is 0 Å². The monoisotopic (exact) mass is 407 g/mol. The van der Waals surface area contributed by atoms with Crippen molar-refractivity contribution >= 4 is 11.6 Å². The molecule has 0 spiro atoms. The van der Waals surface area contributed by atoms with Crippen molar-refractivity contribution in [3.05, 3.63) is 75.3 Å². The van der Waals surface area contributed by atoms with Crippen molar-refractivity contribution < 1.29 is 22.9 Å². The summed E-state index contributed by atoms with van der Waals surface area (Å²) in [5.74, 6) is -0.184. The van der Waals surface area contributed by atoms with Crippen molar-refractivity contribution in [1.82, 2.24) is 9.80 Å². The SMILES string of the molecule is O=C(c1ccc([N+](=O)[O-])cc1)N1CCCN(Cc2ccc(C(F)(F)F)cc2)CC1. The molecule has 3 rings (SSSR count). The van der Waals surface area contributed by atoms with E-state index in [4.69, 9.17) is 0 Å². The number of carbonyl (C=O) groups is 1. The third kappa shape index (κ3) is 5.32. The Morgan fingerprint density at radius 1 is 0.966 bits per heavy atom. The maximum absolute atomic E-state index is 12.7. The predicted octanol–water partition coefficient (Wildman–Crippen LogP) is 3.96. The molecule has 2 aromatic rings. The summed E-state index contributed by atoms with van der Waals surface area (Å²) in [4.78, 5) is 26.7. The Balaban J connectivity index is 1.58. The van der Waals surface area contributed by atoms with Crippen LogP contribution in [0.25, 0.3) is 0 Å². The van der Waals surface area contributed by atoms with Gasteiger partial charge in [-0.3, -0.25) is 19.8 Å². The number of amides is 1. The second kappa shape index (κ2) is 8.60. The molecule has 0 atom stereocenters. The van der Waals surface area contributed by atoms with Crippen LogP contribution in [0.5, 0.6) is 0 Å². The lowest BCUT2D eigenvalue weighted by atomic mass is 10.1. The number of nitro groups is 1. The highest BCUT2D eigenvalue weighted by molar-refractivity contribution is 5.94. The first kappa shape index (κ1) is 20.8. The zero-order chi connectivity index (χ0) is 21.0. The van der Waals surface area contributed by atoms with Crippen LogP contribution < -0.4 is 0 Å². The molecule has 0 aromatic heterocycles. The molecule has 2 aromatic carbocycles. The Bertz CT molecular complexity index is 867. The zero-order valence-electron chi connectivity index (χ0n) is 15.6. The van der Waals surface area contributed by atoms with E-state index in [-0.39, 0.29) is 11.6 Å². The largest absolute Gasteiger partial charge is 0.416 e. The number of alkyl halides is 3. The quantitative estimate of drug-likeness (QED) is 0.568. The van der Waals surface area contributed by atoms with E-state index >= 15 is 0 Å². The van der Waals surface area contributed by atoms with E-state index in [0.29, 0.717) is 31.7 Å². The smallest absolute Gasteiger partial charge is 0.337 e. The minimum atomic E-state index is -4.35. The molecule has 0 saturated carbocycles. The normalized spacial score (nSPS) is 15.8. The Morgan fingerprint density at radius 3 is 2.21 bits per heavy atom. The van der Waals surface area contributed by atoms with Crippen molar-refractivity contribution in [2.45, 2.75) is 19.1 Å². The fourth-order valence-corrected chi connectivity index (χ4v) is 3.30.